The molecule has 6 nitrogen and oxygen atoms in total. The Hall–Kier alpha value is -2.38. The SMILES string of the molecule is CC(C)(C)OC(=O)N1CCN(C(N)=NCCCc2cc(F)cc(F)c2)CC1. The molecular weight excluding hydrogens is 354 g/mol. The van der Waals surface area contributed by atoms with Gasteiger partial charge in [0.05, 0.1) is 0 Å². The fraction of sp³-hybridized carbons (Fsp3) is 0.579. The van der Waals surface area contributed by atoms with Gasteiger partial charge in [-0.3, -0.25) is 4.99 Å². The molecule has 0 atom stereocenters. The van der Waals surface area contributed by atoms with E-state index in [4.69, 9.17) is 10.5 Å². The van der Waals surface area contributed by atoms with E-state index in [-0.39, 0.29) is 6.09 Å². The lowest BCUT2D eigenvalue weighted by atomic mass is 10.1. The van der Waals surface area contributed by atoms with Crippen molar-refractivity contribution in [3.63, 3.8) is 0 Å². The molecular formula is C19H28F2N4O2. The zero-order valence-electron chi connectivity index (χ0n) is 16.2. The number of hydrogen-bond donors (Lipinski definition) is 1. The minimum absolute atomic E-state index is 0.319. The maximum absolute atomic E-state index is 13.2. The topological polar surface area (TPSA) is 71.2 Å². The van der Waals surface area contributed by atoms with Crippen LogP contribution in [0.4, 0.5) is 13.6 Å². The molecule has 1 aliphatic heterocycles. The molecule has 0 unspecified atom stereocenters. The van der Waals surface area contributed by atoms with Gasteiger partial charge in [-0.25, -0.2) is 13.6 Å². The molecule has 1 amide bonds. The molecule has 1 fully saturated rings. The van der Waals surface area contributed by atoms with Gasteiger partial charge in [0.2, 0.25) is 0 Å². The van der Waals surface area contributed by atoms with Crippen LogP contribution in [0, 0.1) is 11.6 Å². The molecule has 1 heterocycles. The second kappa shape index (κ2) is 9.01. The highest BCUT2D eigenvalue weighted by atomic mass is 19.1. The van der Waals surface area contributed by atoms with E-state index in [1.807, 2.05) is 25.7 Å². The Morgan fingerprint density at radius 2 is 1.67 bits per heavy atom. The van der Waals surface area contributed by atoms with E-state index >= 15 is 0 Å². The van der Waals surface area contributed by atoms with Crippen molar-refractivity contribution in [2.24, 2.45) is 10.7 Å². The van der Waals surface area contributed by atoms with Crippen LogP contribution in [0.5, 0.6) is 0 Å². The zero-order chi connectivity index (χ0) is 20.0. The molecule has 0 spiro atoms. The smallest absolute Gasteiger partial charge is 0.410 e. The number of aliphatic imine (C=N–C) groups is 1. The first kappa shape index (κ1) is 20.9. The fourth-order valence-electron chi connectivity index (χ4n) is 2.78. The number of nitrogens with two attached hydrogens (primary N) is 1. The molecule has 2 N–H and O–H groups in total. The summed E-state index contributed by atoms with van der Waals surface area (Å²) in [7, 11) is 0. The minimum Gasteiger partial charge on any atom is -0.444 e. The van der Waals surface area contributed by atoms with E-state index in [1.165, 1.54) is 12.1 Å². The van der Waals surface area contributed by atoms with Crippen LogP contribution in [-0.2, 0) is 11.2 Å². The van der Waals surface area contributed by atoms with E-state index in [9.17, 15) is 13.6 Å². The third kappa shape index (κ3) is 7.03. The summed E-state index contributed by atoms with van der Waals surface area (Å²) in [6.45, 7) is 8.20. The molecule has 0 bridgehead atoms. The molecule has 0 saturated carbocycles. The van der Waals surface area contributed by atoms with Gasteiger partial charge in [-0.05, 0) is 51.3 Å². The zero-order valence-corrected chi connectivity index (χ0v) is 16.2. The third-order valence-electron chi connectivity index (χ3n) is 4.08. The van der Waals surface area contributed by atoms with Crippen molar-refractivity contribution < 1.29 is 18.3 Å². The number of carbonyl (C=O) groups is 1. The Bertz CT molecular complexity index is 661. The van der Waals surface area contributed by atoms with Gasteiger partial charge in [0.25, 0.3) is 0 Å². The summed E-state index contributed by atoms with van der Waals surface area (Å²) >= 11 is 0. The number of halogens is 2. The highest BCUT2D eigenvalue weighted by Gasteiger charge is 2.26. The average molecular weight is 382 g/mol. The maximum Gasteiger partial charge on any atom is 0.410 e. The number of nitrogens with zero attached hydrogens (tertiary/aromatic N) is 3. The number of aryl methyl sites for hydroxylation is 1. The van der Waals surface area contributed by atoms with Crippen molar-refractivity contribution in [2.45, 2.75) is 39.2 Å². The van der Waals surface area contributed by atoms with Gasteiger partial charge >= 0.3 is 6.09 Å². The molecule has 0 radical (unpaired) electrons. The Morgan fingerprint density at radius 1 is 1.11 bits per heavy atom. The first-order valence-electron chi connectivity index (χ1n) is 9.12. The second-order valence-corrected chi connectivity index (χ2v) is 7.58. The molecule has 0 aliphatic carbocycles. The molecule has 1 aliphatic rings. The number of benzene rings is 1. The number of guanidine groups is 1. The first-order valence-corrected chi connectivity index (χ1v) is 9.12. The number of carbonyl (C=O) groups excluding carboxylic acids is 1. The summed E-state index contributed by atoms with van der Waals surface area (Å²) in [4.78, 5) is 20.0. The third-order valence-corrected chi connectivity index (χ3v) is 4.08. The second-order valence-electron chi connectivity index (χ2n) is 7.58. The standard InChI is InChI=1S/C19H28F2N4O2/c1-19(2,3)27-18(26)25-9-7-24(8-10-25)17(22)23-6-4-5-14-11-15(20)13-16(21)12-14/h11-13H,4-10H2,1-3H3,(H2,22,23). The summed E-state index contributed by atoms with van der Waals surface area (Å²) in [6.07, 6.45) is 0.847. The van der Waals surface area contributed by atoms with Crippen LogP contribution in [0.2, 0.25) is 0 Å². The van der Waals surface area contributed by atoms with E-state index in [2.05, 4.69) is 4.99 Å². The molecule has 8 heteroatoms. The normalized spacial score (nSPS) is 15.8. The van der Waals surface area contributed by atoms with Crippen LogP contribution in [0.3, 0.4) is 0 Å². The van der Waals surface area contributed by atoms with Crippen LogP contribution in [-0.4, -0.2) is 60.2 Å². The van der Waals surface area contributed by atoms with Crippen molar-refractivity contribution in [2.75, 3.05) is 32.7 Å². The summed E-state index contributed by atoms with van der Waals surface area (Å²) in [5.41, 5.74) is 6.11. The largest absolute Gasteiger partial charge is 0.444 e. The molecule has 1 aromatic rings. The molecule has 27 heavy (non-hydrogen) atoms. The van der Waals surface area contributed by atoms with E-state index in [0.717, 1.165) is 6.07 Å². The summed E-state index contributed by atoms with van der Waals surface area (Å²) in [5.74, 6) is -0.726. The highest BCUT2D eigenvalue weighted by Crippen LogP contribution is 2.12. The van der Waals surface area contributed by atoms with Crippen LogP contribution in [0.25, 0.3) is 0 Å². The lowest BCUT2D eigenvalue weighted by Gasteiger charge is -2.36. The Morgan fingerprint density at radius 3 is 2.22 bits per heavy atom. The van der Waals surface area contributed by atoms with E-state index < -0.39 is 17.2 Å². The van der Waals surface area contributed by atoms with Crippen molar-refractivity contribution in [1.29, 1.82) is 0 Å². The van der Waals surface area contributed by atoms with Gasteiger partial charge in [0.15, 0.2) is 5.96 Å². The van der Waals surface area contributed by atoms with Crippen LogP contribution in [0.1, 0.15) is 32.8 Å². The van der Waals surface area contributed by atoms with Gasteiger partial charge in [-0.1, -0.05) is 0 Å². The summed E-state index contributed by atoms with van der Waals surface area (Å²) < 4.78 is 31.7. The quantitative estimate of drug-likeness (QED) is 0.494. The summed E-state index contributed by atoms with van der Waals surface area (Å²) in [6, 6.07) is 3.51. The van der Waals surface area contributed by atoms with Crippen LogP contribution >= 0.6 is 0 Å². The number of amides is 1. The number of piperazine rings is 1. The number of hydrogen-bond acceptors (Lipinski definition) is 3. The molecule has 0 aromatic heterocycles. The van der Waals surface area contributed by atoms with Gasteiger partial charge < -0.3 is 20.3 Å². The summed E-state index contributed by atoms with van der Waals surface area (Å²) in [5, 5.41) is 0. The van der Waals surface area contributed by atoms with Crippen molar-refractivity contribution >= 4 is 12.1 Å². The van der Waals surface area contributed by atoms with Crippen molar-refractivity contribution in [1.82, 2.24) is 9.80 Å². The molecule has 150 valence electrons. The number of ether oxygens (including phenoxy) is 1. The Kier molecular flexibility index (Phi) is 6.98. The highest BCUT2D eigenvalue weighted by molar-refractivity contribution is 5.78. The number of rotatable bonds is 4. The van der Waals surface area contributed by atoms with Gasteiger partial charge in [0.1, 0.15) is 17.2 Å². The average Bonchev–Trinajstić information content (AvgIpc) is 2.56. The molecule has 2 rings (SSSR count). The van der Waals surface area contributed by atoms with Crippen LogP contribution < -0.4 is 5.73 Å². The van der Waals surface area contributed by atoms with Gasteiger partial charge in [-0.2, -0.15) is 0 Å². The van der Waals surface area contributed by atoms with Gasteiger partial charge in [0, 0.05) is 38.8 Å². The van der Waals surface area contributed by atoms with Crippen LogP contribution in [0.15, 0.2) is 23.2 Å². The predicted octanol–water partition coefficient (Wildman–Crippen LogP) is 2.76. The fourth-order valence-corrected chi connectivity index (χ4v) is 2.78. The lowest BCUT2D eigenvalue weighted by molar-refractivity contribution is 0.0186. The minimum atomic E-state index is -0.573. The van der Waals surface area contributed by atoms with E-state index in [1.54, 1.807) is 4.90 Å². The Labute approximate surface area is 159 Å². The Balaban J connectivity index is 1.74. The molecule has 1 aromatic carbocycles. The lowest BCUT2D eigenvalue weighted by Crippen LogP contribution is -2.53. The van der Waals surface area contributed by atoms with Crippen molar-refractivity contribution in [3.05, 3.63) is 35.4 Å². The molecule has 1 saturated heterocycles. The van der Waals surface area contributed by atoms with Gasteiger partial charge in [-0.15, -0.1) is 0 Å². The first-order chi connectivity index (χ1) is 12.6. The monoisotopic (exact) mass is 382 g/mol. The van der Waals surface area contributed by atoms with E-state index in [0.29, 0.717) is 57.1 Å². The predicted molar refractivity (Wildman–Crippen MR) is 101 cm³/mol. The maximum atomic E-state index is 13.2. The van der Waals surface area contributed by atoms with Crippen molar-refractivity contribution in [3.8, 4) is 0 Å².